The summed E-state index contributed by atoms with van der Waals surface area (Å²) in [5, 5.41) is 13.7. The Labute approximate surface area is 82.9 Å². The fourth-order valence-electron chi connectivity index (χ4n) is 1.69. The average molecular weight is 222 g/mol. The second kappa shape index (κ2) is 3.84. The summed E-state index contributed by atoms with van der Waals surface area (Å²) in [5.74, 6) is -1.58. The lowest BCUT2D eigenvalue weighted by Crippen LogP contribution is -2.48. The molecule has 7 heteroatoms. The highest BCUT2D eigenvalue weighted by Crippen LogP contribution is 2.22. The van der Waals surface area contributed by atoms with E-state index in [1.165, 1.54) is 0 Å². The van der Waals surface area contributed by atoms with Gasteiger partial charge in [0, 0.05) is 13.1 Å². The van der Waals surface area contributed by atoms with Crippen molar-refractivity contribution >= 4 is 16.2 Å². The maximum absolute atomic E-state index is 11.0. The second-order valence-electron chi connectivity index (χ2n) is 3.74. The maximum Gasteiger partial charge on any atom is 0.307 e. The SMILES string of the molecule is CC1CC(C(=O)O)CN(S(N)(=O)=O)C1. The summed E-state index contributed by atoms with van der Waals surface area (Å²) in [6, 6.07) is 0. The van der Waals surface area contributed by atoms with Crippen LogP contribution >= 0.6 is 0 Å². The van der Waals surface area contributed by atoms with Crippen LogP contribution in [0.2, 0.25) is 0 Å². The summed E-state index contributed by atoms with van der Waals surface area (Å²) in [5.41, 5.74) is 0. The number of carbonyl (C=O) groups is 1. The van der Waals surface area contributed by atoms with Crippen molar-refractivity contribution in [2.24, 2.45) is 17.0 Å². The molecule has 1 aliphatic rings. The predicted molar refractivity (Wildman–Crippen MR) is 49.6 cm³/mol. The summed E-state index contributed by atoms with van der Waals surface area (Å²) in [6.45, 7) is 2.11. The van der Waals surface area contributed by atoms with Crippen LogP contribution in [0.3, 0.4) is 0 Å². The van der Waals surface area contributed by atoms with Crippen molar-refractivity contribution in [3.05, 3.63) is 0 Å². The zero-order valence-electron chi connectivity index (χ0n) is 7.88. The number of nitrogens with two attached hydrogens (primary N) is 1. The number of carboxylic acid groups (broad SMARTS) is 1. The summed E-state index contributed by atoms with van der Waals surface area (Å²) < 4.78 is 23.0. The van der Waals surface area contributed by atoms with Crippen molar-refractivity contribution in [3.63, 3.8) is 0 Å². The van der Waals surface area contributed by atoms with Crippen molar-refractivity contribution in [2.75, 3.05) is 13.1 Å². The van der Waals surface area contributed by atoms with Gasteiger partial charge in [0.15, 0.2) is 0 Å². The topological polar surface area (TPSA) is 101 Å². The van der Waals surface area contributed by atoms with Crippen LogP contribution in [0, 0.1) is 11.8 Å². The first-order chi connectivity index (χ1) is 6.30. The van der Waals surface area contributed by atoms with Crippen molar-refractivity contribution < 1.29 is 18.3 Å². The molecule has 2 unspecified atom stereocenters. The van der Waals surface area contributed by atoms with Crippen molar-refractivity contribution in [3.8, 4) is 0 Å². The fraction of sp³-hybridized carbons (Fsp3) is 0.857. The molecule has 0 spiro atoms. The molecule has 0 aromatic rings. The van der Waals surface area contributed by atoms with Crippen LogP contribution in [0.5, 0.6) is 0 Å². The van der Waals surface area contributed by atoms with E-state index in [-0.39, 0.29) is 12.5 Å². The van der Waals surface area contributed by atoms with E-state index < -0.39 is 22.1 Å². The highest BCUT2D eigenvalue weighted by Gasteiger charge is 2.33. The molecule has 1 rings (SSSR count). The lowest BCUT2D eigenvalue weighted by Gasteiger charge is -2.32. The fourth-order valence-corrected chi connectivity index (χ4v) is 2.54. The Balaban J connectivity index is 2.78. The number of nitrogens with zero attached hydrogens (tertiary/aromatic N) is 1. The third-order valence-corrected chi connectivity index (χ3v) is 3.35. The Morgan fingerprint density at radius 3 is 2.50 bits per heavy atom. The number of rotatable bonds is 2. The molecule has 82 valence electrons. The van der Waals surface area contributed by atoms with E-state index in [1.54, 1.807) is 0 Å². The van der Waals surface area contributed by atoms with Crippen LogP contribution in [-0.2, 0) is 15.0 Å². The van der Waals surface area contributed by atoms with Crippen LogP contribution in [0.15, 0.2) is 0 Å². The smallest absolute Gasteiger partial charge is 0.307 e. The predicted octanol–water partition coefficient (Wildman–Crippen LogP) is -0.767. The molecule has 0 saturated carbocycles. The highest BCUT2D eigenvalue weighted by atomic mass is 32.2. The zero-order chi connectivity index (χ0) is 10.9. The molecule has 0 amide bonds. The molecule has 0 radical (unpaired) electrons. The molecule has 6 nitrogen and oxygen atoms in total. The normalized spacial score (nSPS) is 30.1. The van der Waals surface area contributed by atoms with Gasteiger partial charge in [0.25, 0.3) is 10.2 Å². The highest BCUT2D eigenvalue weighted by molar-refractivity contribution is 7.86. The van der Waals surface area contributed by atoms with Crippen LogP contribution in [0.1, 0.15) is 13.3 Å². The third-order valence-electron chi connectivity index (χ3n) is 2.34. The first kappa shape index (κ1) is 11.4. The Hall–Kier alpha value is -0.660. The minimum absolute atomic E-state index is 0.0154. The van der Waals surface area contributed by atoms with Crippen molar-refractivity contribution in [2.45, 2.75) is 13.3 Å². The average Bonchev–Trinajstić information content (AvgIpc) is 2.01. The van der Waals surface area contributed by atoms with Gasteiger partial charge in [0.05, 0.1) is 5.92 Å². The van der Waals surface area contributed by atoms with Crippen LogP contribution in [0.25, 0.3) is 0 Å². The summed E-state index contributed by atoms with van der Waals surface area (Å²) in [4.78, 5) is 10.7. The number of piperidine rings is 1. The van der Waals surface area contributed by atoms with Gasteiger partial charge in [0.2, 0.25) is 0 Å². The van der Waals surface area contributed by atoms with Gasteiger partial charge in [-0.2, -0.15) is 12.7 Å². The minimum atomic E-state index is -3.76. The Morgan fingerprint density at radius 1 is 1.50 bits per heavy atom. The molecule has 1 aliphatic heterocycles. The third kappa shape index (κ3) is 2.66. The van der Waals surface area contributed by atoms with Gasteiger partial charge >= 0.3 is 5.97 Å². The Kier molecular flexibility index (Phi) is 3.13. The van der Waals surface area contributed by atoms with Gasteiger partial charge in [-0.15, -0.1) is 0 Å². The lowest BCUT2D eigenvalue weighted by molar-refractivity contribution is -0.143. The van der Waals surface area contributed by atoms with Gasteiger partial charge in [0.1, 0.15) is 0 Å². The van der Waals surface area contributed by atoms with Crippen molar-refractivity contribution in [1.82, 2.24) is 4.31 Å². The largest absolute Gasteiger partial charge is 0.481 e. The van der Waals surface area contributed by atoms with Gasteiger partial charge < -0.3 is 5.11 Å². The van der Waals surface area contributed by atoms with Crippen molar-refractivity contribution in [1.29, 1.82) is 0 Å². The molecule has 0 aliphatic carbocycles. The number of hydrogen-bond donors (Lipinski definition) is 2. The molecular formula is C7H14N2O4S. The van der Waals surface area contributed by atoms with Gasteiger partial charge in [-0.25, -0.2) is 5.14 Å². The molecule has 3 N–H and O–H groups in total. The van der Waals surface area contributed by atoms with Gasteiger partial charge in [-0.3, -0.25) is 4.79 Å². The monoisotopic (exact) mass is 222 g/mol. The molecule has 2 atom stereocenters. The molecule has 0 bridgehead atoms. The number of hydrogen-bond acceptors (Lipinski definition) is 3. The molecule has 0 aromatic carbocycles. The quantitative estimate of drug-likeness (QED) is 0.640. The minimum Gasteiger partial charge on any atom is -0.481 e. The van der Waals surface area contributed by atoms with E-state index >= 15 is 0 Å². The van der Waals surface area contributed by atoms with E-state index in [2.05, 4.69) is 0 Å². The van der Waals surface area contributed by atoms with Crippen LogP contribution in [-0.4, -0.2) is 36.9 Å². The molecule has 1 saturated heterocycles. The molecular weight excluding hydrogens is 208 g/mol. The zero-order valence-corrected chi connectivity index (χ0v) is 8.70. The van der Waals surface area contributed by atoms with E-state index in [9.17, 15) is 13.2 Å². The van der Waals surface area contributed by atoms with Gasteiger partial charge in [-0.1, -0.05) is 6.92 Å². The molecule has 1 fully saturated rings. The molecule has 14 heavy (non-hydrogen) atoms. The van der Waals surface area contributed by atoms with E-state index in [0.29, 0.717) is 13.0 Å². The summed E-state index contributed by atoms with van der Waals surface area (Å²) >= 11 is 0. The Morgan fingerprint density at radius 2 is 2.07 bits per heavy atom. The van der Waals surface area contributed by atoms with Crippen LogP contribution in [0.4, 0.5) is 0 Å². The summed E-state index contributed by atoms with van der Waals surface area (Å²) in [7, 11) is -3.76. The van der Waals surface area contributed by atoms with E-state index in [1.807, 2.05) is 6.92 Å². The van der Waals surface area contributed by atoms with Crippen LogP contribution < -0.4 is 5.14 Å². The second-order valence-corrected chi connectivity index (χ2v) is 5.28. The Bertz CT molecular complexity index is 327. The summed E-state index contributed by atoms with van der Waals surface area (Å²) in [6.07, 6.45) is 0.501. The molecule has 1 heterocycles. The molecule has 0 aromatic heterocycles. The number of aliphatic carboxylic acids is 1. The first-order valence-electron chi connectivity index (χ1n) is 4.31. The lowest BCUT2D eigenvalue weighted by atomic mass is 9.92. The van der Waals surface area contributed by atoms with Gasteiger partial charge in [-0.05, 0) is 12.3 Å². The maximum atomic E-state index is 11.0. The van der Waals surface area contributed by atoms with E-state index in [0.717, 1.165) is 4.31 Å². The standard InChI is InChI=1S/C7H14N2O4S/c1-5-2-6(7(10)11)4-9(3-5)14(8,12)13/h5-6H,2-4H2,1H3,(H,10,11)(H2,8,12,13). The number of carboxylic acids is 1. The first-order valence-corrected chi connectivity index (χ1v) is 5.81. The van der Waals surface area contributed by atoms with E-state index in [4.69, 9.17) is 10.2 Å².